The van der Waals surface area contributed by atoms with Crippen LogP contribution in [0.25, 0.3) is 0 Å². The molecule has 0 aliphatic heterocycles. The van der Waals surface area contributed by atoms with Crippen molar-refractivity contribution in [3.63, 3.8) is 0 Å². The predicted octanol–water partition coefficient (Wildman–Crippen LogP) is 3.43. The number of esters is 1. The van der Waals surface area contributed by atoms with Gasteiger partial charge in [-0.15, -0.1) is 0 Å². The van der Waals surface area contributed by atoms with Crippen LogP contribution in [0.2, 0.25) is 5.02 Å². The van der Waals surface area contributed by atoms with Gasteiger partial charge in [0.05, 0.1) is 22.4 Å². The molecule has 0 radical (unpaired) electrons. The molecule has 6 heteroatoms. The van der Waals surface area contributed by atoms with Crippen molar-refractivity contribution >= 4 is 23.3 Å². The van der Waals surface area contributed by atoms with Gasteiger partial charge in [0.15, 0.2) is 0 Å². The van der Waals surface area contributed by atoms with Gasteiger partial charge in [0.25, 0.3) is 6.43 Å². The Balaban J connectivity index is 3.28. The molecule has 0 fully saturated rings. The zero-order chi connectivity index (χ0) is 13.2. The lowest BCUT2D eigenvalue weighted by Gasteiger charge is -2.14. The summed E-state index contributed by atoms with van der Waals surface area (Å²) in [6.45, 7) is 3.22. The number of alkyl halides is 2. The van der Waals surface area contributed by atoms with Crippen LogP contribution in [0.15, 0.2) is 12.1 Å². The Labute approximate surface area is 103 Å². The van der Waals surface area contributed by atoms with E-state index in [1.54, 1.807) is 13.8 Å². The maximum Gasteiger partial charge on any atom is 0.341 e. The fraction of sp³-hybridized carbons (Fsp3) is 0.364. The van der Waals surface area contributed by atoms with E-state index in [0.29, 0.717) is 0 Å². The van der Waals surface area contributed by atoms with Crippen LogP contribution in [0, 0.1) is 0 Å². The maximum atomic E-state index is 12.7. The molecule has 0 aliphatic carbocycles. The molecule has 0 spiro atoms. The molecule has 1 rings (SSSR count). The van der Waals surface area contributed by atoms with E-state index in [-0.39, 0.29) is 16.3 Å². The summed E-state index contributed by atoms with van der Waals surface area (Å²) >= 11 is 5.69. The Kier molecular flexibility index (Phi) is 4.28. The monoisotopic (exact) mass is 263 g/mol. The van der Waals surface area contributed by atoms with Crippen molar-refractivity contribution in [2.75, 3.05) is 5.73 Å². The summed E-state index contributed by atoms with van der Waals surface area (Å²) in [5.41, 5.74) is 4.51. The molecule has 2 N–H and O–H groups in total. The number of hydrogen-bond acceptors (Lipinski definition) is 3. The summed E-state index contributed by atoms with van der Waals surface area (Å²) in [6.07, 6.45) is -3.24. The van der Waals surface area contributed by atoms with Crippen LogP contribution < -0.4 is 5.73 Å². The van der Waals surface area contributed by atoms with Crippen molar-refractivity contribution < 1.29 is 18.3 Å². The Hall–Kier alpha value is -1.36. The average molecular weight is 264 g/mol. The second-order valence-corrected chi connectivity index (χ2v) is 4.09. The van der Waals surface area contributed by atoms with E-state index in [0.717, 1.165) is 6.07 Å². The van der Waals surface area contributed by atoms with Gasteiger partial charge < -0.3 is 10.5 Å². The summed E-state index contributed by atoms with van der Waals surface area (Å²) in [5, 5.41) is 0.0464. The van der Waals surface area contributed by atoms with Crippen molar-refractivity contribution in [2.45, 2.75) is 26.4 Å². The zero-order valence-electron chi connectivity index (χ0n) is 9.34. The molecule has 0 bridgehead atoms. The average Bonchev–Trinajstić information content (AvgIpc) is 2.20. The van der Waals surface area contributed by atoms with E-state index in [2.05, 4.69) is 0 Å². The first-order chi connectivity index (χ1) is 7.84. The van der Waals surface area contributed by atoms with E-state index in [1.165, 1.54) is 6.07 Å². The molecule has 1 aromatic carbocycles. The Morgan fingerprint density at radius 1 is 1.41 bits per heavy atom. The van der Waals surface area contributed by atoms with Gasteiger partial charge in [-0.05, 0) is 19.9 Å². The minimum absolute atomic E-state index is 0.0464. The second kappa shape index (κ2) is 5.31. The van der Waals surface area contributed by atoms with Gasteiger partial charge >= 0.3 is 5.97 Å². The van der Waals surface area contributed by atoms with Crippen molar-refractivity contribution in [3.8, 4) is 0 Å². The van der Waals surface area contributed by atoms with E-state index >= 15 is 0 Å². The predicted molar refractivity (Wildman–Crippen MR) is 61.4 cm³/mol. The minimum Gasteiger partial charge on any atom is -0.459 e. The first-order valence-corrected chi connectivity index (χ1v) is 5.29. The standard InChI is InChI=1S/C11H12ClF2NO2/c1-5(2)17-11(16)8-6(10(13)14)3-4-7(12)9(8)15/h3-5,10H,15H2,1-2H3. The molecule has 0 saturated heterocycles. The van der Waals surface area contributed by atoms with Crippen molar-refractivity contribution in [3.05, 3.63) is 28.3 Å². The second-order valence-electron chi connectivity index (χ2n) is 3.68. The maximum absolute atomic E-state index is 12.7. The summed E-state index contributed by atoms with van der Waals surface area (Å²) in [4.78, 5) is 11.7. The largest absolute Gasteiger partial charge is 0.459 e. The number of nitrogen functional groups attached to an aromatic ring is 1. The first-order valence-electron chi connectivity index (χ1n) is 4.91. The number of carbonyl (C=O) groups is 1. The summed E-state index contributed by atoms with van der Waals surface area (Å²) < 4.78 is 30.3. The smallest absolute Gasteiger partial charge is 0.341 e. The van der Waals surface area contributed by atoms with Gasteiger partial charge in [-0.25, -0.2) is 13.6 Å². The molecule has 0 heterocycles. The van der Waals surface area contributed by atoms with Crippen molar-refractivity contribution in [1.29, 1.82) is 0 Å². The Morgan fingerprint density at radius 3 is 2.47 bits per heavy atom. The fourth-order valence-electron chi connectivity index (χ4n) is 1.29. The summed E-state index contributed by atoms with van der Waals surface area (Å²) in [7, 11) is 0. The highest BCUT2D eigenvalue weighted by Gasteiger charge is 2.24. The molecule has 0 atom stereocenters. The van der Waals surface area contributed by atoms with Gasteiger partial charge in [-0.3, -0.25) is 0 Å². The molecule has 17 heavy (non-hydrogen) atoms. The van der Waals surface area contributed by atoms with Crippen molar-refractivity contribution in [1.82, 2.24) is 0 Å². The van der Waals surface area contributed by atoms with Gasteiger partial charge in [0.1, 0.15) is 0 Å². The first kappa shape index (κ1) is 13.7. The van der Waals surface area contributed by atoms with Crippen LogP contribution in [0.4, 0.5) is 14.5 Å². The highest BCUT2D eigenvalue weighted by Crippen LogP contribution is 2.32. The normalized spacial score (nSPS) is 11.0. The number of nitrogens with two attached hydrogens (primary N) is 1. The topological polar surface area (TPSA) is 52.3 Å². The highest BCUT2D eigenvalue weighted by atomic mass is 35.5. The fourth-order valence-corrected chi connectivity index (χ4v) is 1.45. The third kappa shape index (κ3) is 3.06. The molecular weight excluding hydrogens is 252 g/mol. The zero-order valence-corrected chi connectivity index (χ0v) is 10.1. The molecule has 0 aliphatic rings. The lowest BCUT2D eigenvalue weighted by Crippen LogP contribution is -2.16. The lowest BCUT2D eigenvalue weighted by molar-refractivity contribution is 0.0369. The number of halogens is 3. The quantitative estimate of drug-likeness (QED) is 0.671. The molecule has 0 unspecified atom stereocenters. The molecule has 0 amide bonds. The third-order valence-corrected chi connectivity index (χ3v) is 2.34. The number of hydrogen-bond donors (Lipinski definition) is 1. The van der Waals surface area contributed by atoms with E-state index in [4.69, 9.17) is 22.1 Å². The van der Waals surface area contributed by atoms with Crippen LogP contribution in [0.1, 0.15) is 36.2 Å². The van der Waals surface area contributed by atoms with Crippen LogP contribution in [0.5, 0.6) is 0 Å². The van der Waals surface area contributed by atoms with Gasteiger partial charge in [0, 0.05) is 5.56 Å². The Morgan fingerprint density at radius 2 is 2.00 bits per heavy atom. The van der Waals surface area contributed by atoms with Gasteiger partial charge in [-0.1, -0.05) is 17.7 Å². The highest BCUT2D eigenvalue weighted by molar-refractivity contribution is 6.34. The minimum atomic E-state index is -2.82. The number of ether oxygens (including phenoxy) is 1. The Bertz CT molecular complexity index is 436. The summed E-state index contributed by atoms with van der Waals surface area (Å²) in [5.74, 6) is -0.893. The third-order valence-electron chi connectivity index (χ3n) is 2.01. The van der Waals surface area contributed by atoms with Crippen molar-refractivity contribution in [2.24, 2.45) is 0 Å². The molecule has 0 aromatic heterocycles. The number of benzene rings is 1. The molecule has 3 nitrogen and oxygen atoms in total. The SMILES string of the molecule is CC(C)OC(=O)c1c(C(F)F)ccc(Cl)c1N. The number of rotatable bonds is 3. The summed E-state index contributed by atoms with van der Waals surface area (Å²) in [6, 6.07) is 2.30. The number of carbonyl (C=O) groups excluding carboxylic acids is 1. The molecule has 1 aromatic rings. The molecule has 0 saturated carbocycles. The van der Waals surface area contributed by atoms with Gasteiger partial charge in [0.2, 0.25) is 0 Å². The van der Waals surface area contributed by atoms with Crippen LogP contribution in [0.3, 0.4) is 0 Å². The molecular formula is C11H12ClF2NO2. The number of anilines is 1. The van der Waals surface area contributed by atoms with Crippen LogP contribution in [-0.4, -0.2) is 12.1 Å². The van der Waals surface area contributed by atoms with E-state index in [1.807, 2.05) is 0 Å². The van der Waals surface area contributed by atoms with Crippen LogP contribution in [-0.2, 0) is 4.74 Å². The van der Waals surface area contributed by atoms with E-state index < -0.39 is 24.1 Å². The molecule has 94 valence electrons. The van der Waals surface area contributed by atoms with Gasteiger partial charge in [-0.2, -0.15) is 0 Å². The van der Waals surface area contributed by atoms with Crippen LogP contribution >= 0.6 is 11.6 Å². The van der Waals surface area contributed by atoms with E-state index in [9.17, 15) is 13.6 Å². The lowest BCUT2D eigenvalue weighted by atomic mass is 10.1.